The summed E-state index contributed by atoms with van der Waals surface area (Å²) in [5, 5.41) is 0. The molecule has 0 saturated heterocycles. The molecule has 2 rings (SSSR count). The van der Waals surface area contributed by atoms with E-state index in [4.69, 9.17) is 10.5 Å². The molecule has 5 heteroatoms. The number of nitrogens with two attached hydrogens (primary N) is 1. The van der Waals surface area contributed by atoms with Crippen LogP contribution in [0, 0.1) is 5.82 Å². The number of rotatable bonds is 5. The molecule has 0 spiro atoms. The molecule has 104 valence electrons. The van der Waals surface area contributed by atoms with Crippen molar-refractivity contribution in [1.29, 1.82) is 0 Å². The Morgan fingerprint density at radius 1 is 1.53 bits per heavy atom. The van der Waals surface area contributed by atoms with E-state index in [9.17, 15) is 9.18 Å². The predicted octanol–water partition coefficient (Wildman–Crippen LogP) is 1.79. The Morgan fingerprint density at radius 3 is 2.79 bits per heavy atom. The van der Waals surface area contributed by atoms with Gasteiger partial charge in [0.2, 0.25) is 0 Å². The quantitative estimate of drug-likeness (QED) is 0.884. The Bertz CT molecular complexity index is 461. The molecule has 0 radical (unpaired) electrons. The van der Waals surface area contributed by atoms with Crippen LogP contribution in [0.1, 0.15) is 29.6 Å². The number of carbonyl (C=O) groups is 1. The molecular formula is C14H19FN2O2. The Morgan fingerprint density at radius 2 is 2.26 bits per heavy atom. The lowest BCUT2D eigenvalue weighted by Crippen LogP contribution is -2.46. The summed E-state index contributed by atoms with van der Waals surface area (Å²) in [6.45, 7) is 0.819. The van der Waals surface area contributed by atoms with Crippen molar-refractivity contribution < 1.29 is 13.9 Å². The summed E-state index contributed by atoms with van der Waals surface area (Å²) in [6, 6.07) is 4.58. The number of halogens is 1. The summed E-state index contributed by atoms with van der Waals surface area (Å²) in [6.07, 6.45) is 3.03. The van der Waals surface area contributed by atoms with Crippen LogP contribution in [0.15, 0.2) is 18.2 Å². The summed E-state index contributed by atoms with van der Waals surface area (Å²) in [5.41, 5.74) is 5.56. The Labute approximate surface area is 112 Å². The molecule has 19 heavy (non-hydrogen) atoms. The summed E-state index contributed by atoms with van der Waals surface area (Å²) in [5.74, 6) is -0.609. The van der Waals surface area contributed by atoms with Gasteiger partial charge in [-0.15, -0.1) is 0 Å². The van der Waals surface area contributed by atoms with Crippen LogP contribution < -0.4 is 10.5 Å². The molecule has 0 aliphatic heterocycles. The minimum atomic E-state index is -0.550. The number of amides is 1. The van der Waals surface area contributed by atoms with Crippen LogP contribution in [0.2, 0.25) is 0 Å². The zero-order valence-electron chi connectivity index (χ0n) is 11.1. The molecule has 1 fully saturated rings. The van der Waals surface area contributed by atoms with Crippen molar-refractivity contribution in [3.63, 3.8) is 0 Å². The van der Waals surface area contributed by atoms with Crippen LogP contribution in [-0.4, -0.2) is 37.0 Å². The molecule has 1 aromatic rings. The van der Waals surface area contributed by atoms with Crippen molar-refractivity contribution in [2.24, 2.45) is 5.73 Å². The lowest BCUT2D eigenvalue weighted by molar-refractivity contribution is 0.0580. The maximum Gasteiger partial charge on any atom is 0.260 e. The highest BCUT2D eigenvalue weighted by Gasteiger charge is 2.31. The van der Waals surface area contributed by atoms with Gasteiger partial charge in [-0.1, -0.05) is 6.07 Å². The largest absolute Gasteiger partial charge is 0.496 e. The first-order valence-corrected chi connectivity index (χ1v) is 6.52. The van der Waals surface area contributed by atoms with E-state index >= 15 is 0 Å². The molecule has 1 aliphatic carbocycles. The highest BCUT2D eigenvalue weighted by Crippen LogP contribution is 2.29. The van der Waals surface area contributed by atoms with E-state index < -0.39 is 5.82 Å². The third kappa shape index (κ3) is 2.71. The van der Waals surface area contributed by atoms with Crippen molar-refractivity contribution in [2.45, 2.75) is 25.3 Å². The second-order valence-electron chi connectivity index (χ2n) is 4.69. The van der Waals surface area contributed by atoms with Crippen LogP contribution in [0.4, 0.5) is 4.39 Å². The van der Waals surface area contributed by atoms with Gasteiger partial charge >= 0.3 is 0 Å². The molecule has 0 heterocycles. The van der Waals surface area contributed by atoms with Gasteiger partial charge in [0.25, 0.3) is 5.91 Å². The van der Waals surface area contributed by atoms with Gasteiger partial charge in [0.15, 0.2) is 0 Å². The molecule has 4 nitrogen and oxygen atoms in total. The van der Waals surface area contributed by atoms with E-state index in [1.54, 1.807) is 11.0 Å². The van der Waals surface area contributed by atoms with E-state index in [1.807, 2.05) is 0 Å². The minimum absolute atomic E-state index is 0.00495. The van der Waals surface area contributed by atoms with Gasteiger partial charge in [-0.2, -0.15) is 0 Å². The second-order valence-corrected chi connectivity index (χ2v) is 4.69. The second kappa shape index (κ2) is 6.02. The summed E-state index contributed by atoms with van der Waals surface area (Å²) < 4.78 is 19.0. The number of nitrogens with zero attached hydrogens (tertiary/aromatic N) is 1. The minimum Gasteiger partial charge on any atom is -0.496 e. The molecule has 1 aliphatic rings. The van der Waals surface area contributed by atoms with Crippen LogP contribution >= 0.6 is 0 Å². The van der Waals surface area contributed by atoms with E-state index in [1.165, 1.54) is 19.2 Å². The van der Waals surface area contributed by atoms with Gasteiger partial charge in [0, 0.05) is 19.1 Å². The summed E-state index contributed by atoms with van der Waals surface area (Å²) in [7, 11) is 1.43. The third-order valence-electron chi connectivity index (χ3n) is 3.56. The summed E-state index contributed by atoms with van der Waals surface area (Å²) in [4.78, 5) is 14.2. The van der Waals surface area contributed by atoms with Gasteiger partial charge in [0.05, 0.1) is 7.11 Å². The molecule has 0 bridgehead atoms. The van der Waals surface area contributed by atoms with Crippen LogP contribution in [0.3, 0.4) is 0 Å². The fraction of sp³-hybridized carbons (Fsp3) is 0.500. The van der Waals surface area contributed by atoms with Crippen molar-refractivity contribution >= 4 is 5.91 Å². The van der Waals surface area contributed by atoms with Crippen LogP contribution in [0.25, 0.3) is 0 Å². The van der Waals surface area contributed by atoms with Crippen LogP contribution in [0.5, 0.6) is 5.75 Å². The lowest BCUT2D eigenvalue weighted by Gasteiger charge is -2.37. The number of hydrogen-bond acceptors (Lipinski definition) is 3. The molecule has 1 saturated carbocycles. The highest BCUT2D eigenvalue weighted by molar-refractivity contribution is 5.97. The van der Waals surface area contributed by atoms with Gasteiger partial charge in [-0.3, -0.25) is 4.79 Å². The number of benzene rings is 1. The standard InChI is InChI=1S/C14H19FN2O2/c1-19-12-7-3-6-11(15)13(12)14(18)17(9-8-16)10-4-2-5-10/h3,6-7,10H,2,4-5,8-9,16H2,1H3. The Balaban J connectivity index is 2.30. The number of carbonyl (C=O) groups excluding carboxylic acids is 1. The monoisotopic (exact) mass is 266 g/mol. The molecule has 2 N–H and O–H groups in total. The molecule has 0 unspecified atom stereocenters. The first kappa shape index (κ1) is 13.8. The van der Waals surface area contributed by atoms with E-state index in [2.05, 4.69) is 0 Å². The van der Waals surface area contributed by atoms with Crippen molar-refractivity contribution in [2.75, 3.05) is 20.2 Å². The lowest BCUT2D eigenvalue weighted by atomic mass is 9.91. The number of hydrogen-bond donors (Lipinski definition) is 1. The number of ether oxygens (including phenoxy) is 1. The normalized spacial score (nSPS) is 14.9. The topological polar surface area (TPSA) is 55.6 Å². The van der Waals surface area contributed by atoms with Crippen LogP contribution in [-0.2, 0) is 0 Å². The third-order valence-corrected chi connectivity index (χ3v) is 3.56. The van der Waals surface area contributed by atoms with Crippen molar-refractivity contribution in [1.82, 2.24) is 4.90 Å². The molecule has 1 aromatic carbocycles. The van der Waals surface area contributed by atoms with Gasteiger partial charge in [-0.25, -0.2) is 4.39 Å². The zero-order chi connectivity index (χ0) is 13.8. The first-order valence-electron chi connectivity index (χ1n) is 6.52. The summed E-state index contributed by atoms with van der Waals surface area (Å²) >= 11 is 0. The van der Waals surface area contributed by atoms with E-state index in [-0.39, 0.29) is 23.3 Å². The van der Waals surface area contributed by atoms with Gasteiger partial charge in [-0.05, 0) is 31.4 Å². The van der Waals surface area contributed by atoms with E-state index in [0.29, 0.717) is 13.1 Å². The predicted molar refractivity (Wildman–Crippen MR) is 70.7 cm³/mol. The fourth-order valence-electron chi connectivity index (χ4n) is 2.31. The van der Waals surface area contributed by atoms with Crippen molar-refractivity contribution in [3.05, 3.63) is 29.6 Å². The fourth-order valence-corrected chi connectivity index (χ4v) is 2.31. The average Bonchev–Trinajstić information content (AvgIpc) is 2.35. The Kier molecular flexibility index (Phi) is 4.37. The smallest absolute Gasteiger partial charge is 0.260 e. The average molecular weight is 266 g/mol. The SMILES string of the molecule is COc1cccc(F)c1C(=O)N(CCN)C1CCC1. The number of methoxy groups -OCH3 is 1. The van der Waals surface area contributed by atoms with Crippen molar-refractivity contribution in [3.8, 4) is 5.75 Å². The van der Waals surface area contributed by atoms with Gasteiger partial charge in [0.1, 0.15) is 17.1 Å². The Hall–Kier alpha value is -1.62. The molecular weight excluding hydrogens is 247 g/mol. The zero-order valence-corrected chi connectivity index (χ0v) is 11.1. The highest BCUT2D eigenvalue weighted by atomic mass is 19.1. The van der Waals surface area contributed by atoms with Gasteiger partial charge < -0.3 is 15.4 Å². The molecule has 1 amide bonds. The first-order chi connectivity index (χ1) is 9.19. The molecule has 0 atom stereocenters. The van der Waals surface area contributed by atoms with E-state index in [0.717, 1.165) is 19.3 Å². The maximum absolute atomic E-state index is 13.9. The maximum atomic E-state index is 13.9. The molecule has 0 aromatic heterocycles.